The highest BCUT2D eigenvalue weighted by Crippen LogP contribution is 2.42. The number of hydrogen-bond acceptors (Lipinski definition) is 4. The summed E-state index contributed by atoms with van der Waals surface area (Å²) < 4.78 is 25.0. The average molecular weight is 420 g/mol. The van der Waals surface area contributed by atoms with Gasteiger partial charge in [-0.1, -0.05) is 31.4 Å². The number of amides is 1. The maximum atomic E-state index is 13.1. The molecule has 1 fully saturated rings. The highest BCUT2D eigenvalue weighted by Gasteiger charge is 2.40. The normalized spacial score (nSPS) is 24.8. The third-order valence-corrected chi connectivity index (χ3v) is 6.24. The molecule has 0 saturated heterocycles. The molecule has 30 heavy (non-hydrogen) atoms. The number of ether oxygens (including phenoxy) is 2. The number of nitrogens with one attached hydrogen (secondary N) is 1. The molecule has 0 aromatic heterocycles. The molecule has 1 amide bonds. The Hall–Kier alpha value is -1.92. The molecule has 2 aliphatic rings. The van der Waals surface area contributed by atoms with Gasteiger partial charge in [0, 0.05) is 25.7 Å². The fourth-order valence-corrected chi connectivity index (χ4v) is 4.71. The zero-order chi connectivity index (χ0) is 21.3. The zero-order valence-corrected chi connectivity index (χ0v) is 17.8. The SMILES string of the molecule is CCO[C@H]1OC(C(=O)NCc2ccc(F)cc2)=C[C@@H](C2CCCCC2)[C@H]1CCCO. The van der Waals surface area contributed by atoms with Gasteiger partial charge in [-0.05, 0) is 68.2 Å². The number of rotatable bonds is 9. The lowest BCUT2D eigenvalue weighted by atomic mass is 9.71. The molecule has 5 nitrogen and oxygen atoms in total. The Morgan fingerprint density at radius 1 is 1.23 bits per heavy atom. The molecule has 0 spiro atoms. The Labute approximate surface area is 178 Å². The van der Waals surface area contributed by atoms with Crippen molar-refractivity contribution >= 4 is 5.91 Å². The molecule has 1 aromatic carbocycles. The van der Waals surface area contributed by atoms with Gasteiger partial charge in [-0.15, -0.1) is 0 Å². The topological polar surface area (TPSA) is 67.8 Å². The molecule has 1 aliphatic heterocycles. The van der Waals surface area contributed by atoms with E-state index in [1.165, 1.54) is 31.4 Å². The molecule has 0 unspecified atom stereocenters. The summed E-state index contributed by atoms with van der Waals surface area (Å²) in [5.74, 6) is 0.584. The van der Waals surface area contributed by atoms with Crippen molar-refractivity contribution in [1.82, 2.24) is 5.32 Å². The van der Waals surface area contributed by atoms with Crippen LogP contribution >= 0.6 is 0 Å². The van der Waals surface area contributed by atoms with E-state index in [1.54, 1.807) is 12.1 Å². The van der Waals surface area contributed by atoms with Gasteiger partial charge in [-0.25, -0.2) is 4.39 Å². The smallest absolute Gasteiger partial charge is 0.286 e. The maximum Gasteiger partial charge on any atom is 0.286 e. The summed E-state index contributed by atoms with van der Waals surface area (Å²) in [4.78, 5) is 12.9. The molecule has 1 aliphatic carbocycles. The number of hydrogen-bond donors (Lipinski definition) is 2. The van der Waals surface area contributed by atoms with E-state index in [0.29, 0.717) is 31.2 Å². The molecular formula is C24H34FNO4. The summed E-state index contributed by atoms with van der Waals surface area (Å²) in [6, 6.07) is 6.08. The molecule has 6 heteroatoms. The summed E-state index contributed by atoms with van der Waals surface area (Å²) in [6.45, 7) is 2.87. The minimum atomic E-state index is -0.481. The van der Waals surface area contributed by atoms with Gasteiger partial charge in [-0.2, -0.15) is 0 Å². The lowest BCUT2D eigenvalue weighted by Gasteiger charge is -2.41. The van der Waals surface area contributed by atoms with Crippen LogP contribution in [0.15, 0.2) is 36.1 Å². The Kier molecular flexibility index (Phi) is 8.70. The number of benzene rings is 1. The van der Waals surface area contributed by atoms with E-state index in [0.717, 1.165) is 24.8 Å². The minimum absolute atomic E-state index is 0.133. The second kappa shape index (κ2) is 11.5. The molecule has 0 bridgehead atoms. The highest BCUT2D eigenvalue weighted by molar-refractivity contribution is 5.91. The first-order valence-corrected chi connectivity index (χ1v) is 11.3. The van der Waals surface area contributed by atoms with E-state index < -0.39 is 6.29 Å². The van der Waals surface area contributed by atoms with Gasteiger partial charge >= 0.3 is 0 Å². The molecule has 2 N–H and O–H groups in total. The largest absolute Gasteiger partial charge is 0.459 e. The van der Waals surface area contributed by atoms with Gasteiger partial charge in [-0.3, -0.25) is 4.79 Å². The van der Waals surface area contributed by atoms with Crippen molar-refractivity contribution in [2.75, 3.05) is 13.2 Å². The van der Waals surface area contributed by atoms with Crippen molar-refractivity contribution in [2.45, 2.75) is 64.7 Å². The van der Waals surface area contributed by atoms with E-state index in [-0.39, 0.29) is 30.2 Å². The van der Waals surface area contributed by atoms with E-state index in [9.17, 15) is 14.3 Å². The predicted molar refractivity (Wildman–Crippen MR) is 113 cm³/mol. The summed E-state index contributed by atoms with van der Waals surface area (Å²) in [5, 5.41) is 12.2. The Bertz CT molecular complexity index is 700. The van der Waals surface area contributed by atoms with Crippen LogP contribution in [-0.4, -0.2) is 30.5 Å². The van der Waals surface area contributed by atoms with Crippen LogP contribution in [0.3, 0.4) is 0 Å². The predicted octanol–water partition coefficient (Wildman–Crippen LogP) is 4.30. The first-order chi connectivity index (χ1) is 14.6. The van der Waals surface area contributed by atoms with Crippen LogP contribution < -0.4 is 5.32 Å². The Balaban J connectivity index is 1.75. The average Bonchev–Trinajstić information content (AvgIpc) is 2.78. The number of aliphatic hydroxyl groups is 1. The van der Waals surface area contributed by atoms with Gasteiger partial charge in [0.05, 0.1) is 0 Å². The minimum Gasteiger partial charge on any atom is -0.459 e. The molecule has 0 radical (unpaired) electrons. The van der Waals surface area contributed by atoms with Crippen LogP contribution in [0.4, 0.5) is 4.39 Å². The summed E-state index contributed by atoms with van der Waals surface area (Å²) >= 11 is 0. The number of halogens is 1. The van der Waals surface area contributed by atoms with Crippen molar-refractivity contribution in [3.63, 3.8) is 0 Å². The van der Waals surface area contributed by atoms with Crippen LogP contribution in [-0.2, 0) is 20.8 Å². The quantitative estimate of drug-likeness (QED) is 0.626. The van der Waals surface area contributed by atoms with Crippen molar-refractivity contribution in [2.24, 2.45) is 17.8 Å². The molecular weight excluding hydrogens is 385 g/mol. The van der Waals surface area contributed by atoms with Crippen LogP contribution in [0, 0.1) is 23.6 Å². The van der Waals surface area contributed by atoms with E-state index in [2.05, 4.69) is 5.32 Å². The third-order valence-electron chi connectivity index (χ3n) is 6.24. The first-order valence-electron chi connectivity index (χ1n) is 11.3. The highest BCUT2D eigenvalue weighted by atomic mass is 19.1. The van der Waals surface area contributed by atoms with Gasteiger partial charge in [0.25, 0.3) is 5.91 Å². The van der Waals surface area contributed by atoms with Gasteiger partial charge in [0.1, 0.15) is 5.82 Å². The Morgan fingerprint density at radius 3 is 2.63 bits per heavy atom. The van der Waals surface area contributed by atoms with Crippen LogP contribution in [0.5, 0.6) is 0 Å². The lowest BCUT2D eigenvalue weighted by molar-refractivity contribution is -0.177. The van der Waals surface area contributed by atoms with Crippen LogP contribution in [0.25, 0.3) is 0 Å². The number of carbonyl (C=O) groups excluding carboxylic acids is 1. The maximum absolute atomic E-state index is 13.1. The van der Waals surface area contributed by atoms with Crippen molar-refractivity contribution < 1.29 is 23.8 Å². The standard InChI is InChI=1S/C24H34FNO4/c1-2-29-24-20(9-6-14-27)21(18-7-4-3-5-8-18)15-22(30-24)23(28)26-16-17-10-12-19(25)13-11-17/h10-13,15,18,20-21,24,27H,2-9,14,16H2,1H3,(H,26,28)/t20-,21+,24+/m1/s1. The molecule has 1 aromatic rings. The number of aliphatic hydroxyl groups excluding tert-OH is 1. The van der Waals surface area contributed by atoms with Gasteiger partial charge < -0.3 is 19.9 Å². The summed E-state index contributed by atoms with van der Waals surface area (Å²) in [5.41, 5.74) is 0.826. The van der Waals surface area contributed by atoms with Crippen LogP contribution in [0.2, 0.25) is 0 Å². The van der Waals surface area contributed by atoms with Gasteiger partial charge in [0.15, 0.2) is 5.76 Å². The third kappa shape index (κ3) is 6.05. The summed E-state index contributed by atoms with van der Waals surface area (Å²) in [7, 11) is 0. The zero-order valence-electron chi connectivity index (χ0n) is 17.8. The summed E-state index contributed by atoms with van der Waals surface area (Å²) in [6.07, 6.45) is 9.02. The van der Waals surface area contributed by atoms with Crippen molar-refractivity contribution in [3.05, 3.63) is 47.5 Å². The van der Waals surface area contributed by atoms with Crippen molar-refractivity contribution in [3.8, 4) is 0 Å². The van der Waals surface area contributed by atoms with E-state index in [1.807, 2.05) is 13.0 Å². The van der Waals surface area contributed by atoms with E-state index in [4.69, 9.17) is 9.47 Å². The second-order valence-electron chi connectivity index (χ2n) is 8.29. The fraction of sp³-hybridized carbons (Fsp3) is 0.625. The number of allylic oxidation sites excluding steroid dienone is 1. The Morgan fingerprint density at radius 2 is 1.97 bits per heavy atom. The lowest BCUT2D eigenvalue weighted by Crippen LogP contribution is -2.42. The van der Waals surface area contributed by atoms with E-state index >= 15 is 0 Å². The molecule has 3 rings (SSSR count). The number of carbonyl (C=O) groups is 1. The first kappa shape index (κ1) is 22.8. The van der Waals surface area contributed by atoms with Gasteiger partial charge in [0.2, 0.25) is 6.29 Å². The fourth-order valence-electron chi connectivity index (χ4n) is 4.71. The molecule has 3 atom stereocenters. The molecule has 166 valence electrons. The monoisotopic (exact) mass is 419 g/mol. The second-order valence-corrected chi connectivity index (χ2v) is 8.29. The van der Waals surface area contributed by atoms with Crippen molar-refractivity contribution in [1.29, 1.82) is 0 Å². The van der Waals surface area contributed by atoms with Crippen LogP contribution in [0.1, 0.15) is 57.4 Å². The molecule has 1 heterocycles. The molecule has 1 saturated carbocycles.